The molecule has 28 heavy (non-hydrogen) atoms. The maximum atomic E-state index is 12.4. The summed E-state index contributed by atoms with van der Waals surface area (Å²) in [5.41, 5.74) is 1.57. The number of rotatable bonds is 7. The molecule has 1 N–H and O–H groups in total. The van der Waals surface area contributed by atoms with Gasteiger partial charge in [-0.2, -0.15) is 0 Å². The first-order chi connectivity index (χ1) is 13.5. The summed E-state index contributed by atoms with van der Waals surface area (Å²) >= 11 is 13.3. The van der Waals surface area contributed by atoms with Crippen molar-refractivity contribution in [2.45, 2.75) is 25.7 Å². The molecule has 1 fully saturated rings. The van der Waals surface area contributed by atoms with Crippen molar-refractivity contribution in [2.75, 3.05) is 25.0 Å². The smallest absolute Gasteiger partial charge is 0.229 e. The second-order valence-corrected chi connectivity index (χ2v) is 8.01. The number of aromatic nitrogens is 2. The summed E-state index contributed by atoms with van der Waals surface area (Å²) in [6, 6.07) is 5.20. The van der Waals surface area contributed by atoms with E-state index in [1.165, 1.54) is 11.3 Å². The van der Waals surface area contributed by atoms with E-state index >= 15 is 0 Å². The molecule has 0 radical (unpaired) electrons. The average molecular weight is 443 g/mol. The summed E-state index contributed by atoms with van der Waals surface area (Å²) in [5, 5.41) is 11.6. The standard InChI is InChI=1S/C18H20Cl2N4O3S/c19-13-3-1-4-14(16(13)20)27-10-2-5-15(25)24-8-6-12(7-9-24)17(26)22-18-23-21-11-28-18/h1,3-4,11-12H,2,5-10H2,(H,22,23,26). The number of amides is 2. The summed E-state index contributed by atoms with van der Waals surface area (Å²) in [7, 11) is 0. The summed E-state index contributed by atoms with van der Waals surface area (Å²) < 4.78 is 5.60. The number of halogens is 2. The van der Waals surface area contributed by atoms with Gasteiger partial charge in [-0.1, -0.05) is 40.6 Å². The third-order valence-corrected chi connectivity index (χ3v) is 5.93. The van der Waals surface area contributed by atoms with Crippen LogP contribution in [0.5, 0.6) is 5.75 Å². The lowest BCUT2D eigenvalue weighted by molar-refractivity contribution is -0.134. The number of nitrogens with one attached hydrogen (secondary N) is 1. The Hall–Kier alpha value is -1.90. The van der Waals surface area contributed by atoms with Crippen molar-refractivity contribution in [1.82, 2.24) is 15.1 Å². The van der Waals surface area contributed by atoms with Crippen LogP contribution in [0.1, 0.15) is 25.7 Å². The fourth-order valence-electron chi connectivity index (χ4n) is 2.99. The lowest BCUT2D eigenvalue weighted by Gasteiger charge is -2.31. The van der Waals surface area contributed by atoms with Gasteiger partial charge in [0.2, 0.25) is 16.9 Å². The van der Waals surface area contributed by atoms with Crippen LogP contribution in [0.4, 0.5) is 5.13 Å². The zero-order valence-electron chi connectivity index (χ0n) is 15.1. The van der Waals surface area contributed by atoms with Gasteiger partial charge in [0.15, 0.2) is 0 Å². The second-order valence-electron chi connectivity index (χ2n) is 6.39. The molecule has 2 amide bonds. The van der Waals surface area contributed by atoms with E-state index in [0.29, 0.717) is 66.3 Å². The van der Waals surface area contributed by atoms with E-state index < -0.39 is 0 Å². The highest BCUT2D eigenvalue weighted by molar-refractivity contribution is 7.13. The van der Waals surface area contributed by atoms with E-state index in [2.05, 4.69) is 15.5 Å². The van der Waals surface area contributed by atoms with Gasteiger partial charge in [-0.3, -0.25) is 9.59 Å². The Kier molecular flexibility index (Phi) is 7.47. The van der Waals surface area contributed by atoms with Crippen molar-refractivity contribution in [2.24, 2.45) is 5.92 Å². The second kappa shape index (κ2) is 10.0. The number of hydrogen-bond donors (Lipinski definition) is 1. The van der Waals surface area contributed by atoms with Crippen LogP contribution < -0.4 is 10.1 Å². The Morgan fingerprint density at radius 3 is 2.79 bits per heavy atom. The maximum absolute atomic E-state index is 12.4. The van der Waals surface area contributed by atoms with Gasteiger partial charge >= 0.3 is 0 Å². The molecule has 0 atom stereocenters. The third-order valence-electron chi connectivity index (χ3n) is 4.52. The fraction of sp³-hybridized carbons (Fsp3) is 0.444. The molecule has 2 heterocycles. The van der Waals surface area contributed by atoms with Gasteiger partial charge in [0, 0.05) is 25.4 Å². The molecule has 1 saturated heterocycles. The number of ether oxygens (including phenoxy) is 1. The first kappa shape index (κ1) is 20.8. The van der Waals surface area contributed by atoms with Gasteiger partial charge in [0.05, 0.1) is 11.6 Å². The Morgan fingerprint density at radius 2 is 2.07 bits per heavy atom. The molecular weight excluding hydrogens is 423 g/mol. The number of carbonyl (C=O) groups is 2. The average Bonchev–Trinajstić information content (AvgIpc) is 3.21. The molecule has 1 aromatic carbocycles. The molecule has 150 valence electrons. The molecule has 0 saturated carbocycles. The molecule has 0 spiro atoms. The van der Waals surface area contributed by atoms with E-state index in [1.54, 1.807) is 28.6 Å². The van der Waals surface area contributed by atoms with Gasteiger partial charge in [0.25, 0.3) is 0 Å². The largest absolute Gasteiger partial charge is 0.492 e. The number of piperidine rings is 1. The van der Waals surface area contributed by atoms with Gasteiger partial charge in [-0.15, -0.1) is 10.2 Å². The van der Waals surface area contributed by atoms with Gasteiger partial charge < -0.3 is 15.0 Å². The van der Waals surface area contributed by atoms with Crippen molar-refractivity contribution in [3.8, 4) is 5.75 Å². The molecule has 7 nitrogen and oxygen atoms in total. The molecule has 3 rings (SSSR count). The minimum absolute atomic E-state index is 0.0596. The van der Waals surface area contributed by atoms with Crippen molar-refractivity contribution < 1.29 is 14.3 Å². The monoisotopic (exact) mass is 442 g/mol. The summed E-state index contributed by atoms with van der Waals surface area (Å²) in [4.78, 5) is 26.4. The molecule has 0 unspecified atom stereocenters. The van der Waals surface area contributed by atoms with Crippen LogP contribution in [0.25, 0.3) is 0 Å². The number of hydrogen-bond acceptors (Lipinski definition) is 6. The minimum atomic E-state index is -0.110. The Labute approximate surface area is 177 Å². The first-order valence-electron chi connectivity index (χ1n) is 8.96. The van der Waals surface area contributed by atoms with E-state index in [1.807, 2.05) is 0 Å². The highest BCUT2D eigenvalue weighted by Crippen LogP contribution is 2.31. The van der Waals surface area contributed by atoms with Crippen LogP contribution >= 0.6 is 34.5 Å². The predicted molar refractivity (Wildman–Crippen MR) is 109 cm³/mol. The lowest BCUT2D eigenvalue weighted by atomic mass is 9.95. The van der Waals surface area contributed by atoms with Gasteiger partial charge in [-0.25, -0.2) is 0 Å². The Bertz CT molecular complexity index is 811. The van der Waals surface area contributed by atoms with Crippen LogP contribution in [0, 0.1) is 5.92 Å². The molecule has 1 aliphatic rings. The number of benzene rings is 1. The zero-order valence-corrected chi connectivity index (χ0v) is 17.4. The van der Waals surface area contributed by atoms with Crippen molar-refractivity contribution in [3.63, 3.8) is 0 Å². The number of likely N-dealkylation sites (tertiary alicyclic amines) is 1. The predicted octanol–water partition coefficient (Wildman–Crippen LogP) is 3.88. The van der Waals surface area contributed by atoms with Crippen LogP contribution in [0.15, 0.2) is 23.7 Å². The number of nitrogens with zero attached hydrogens (tertiary/aromatic N) is 3. The van der Waals surface area contributed by atoms with E-state index in [4.69, 9.17) is 27.9 Å². The summed E-state index contributed by atoms with van der Waals surface area (Å²) in [5.74, 6) is 0.421. The van der Waals surface area contributed by atoms with Crippen molar-refractivity contribution >= 4 is 51.5 Å². The lowest BCUT2D eigenvalue weighted by Crippen LogP contribution is -2.41. The van der Waals surface area contributed by atoms with Gasteiger partial charge in [-0.05, 0) is 31.4 Å². The number of anilines is 1. The normalized spacial score (nSPS) is 14.7. The van der Waals surface area contributed by atoms with Crippen molar-refractivity contribution in [3.05, 3.63) is 33.8 Å². The van der Waals surface area contributed by atoms with E-state index in [9.17, 15) is 9.59 Å². The van der Waals surface area contributed by atoms with Gasteiger partial charge in [0.1, 0.15) is 16.3 Å². The molecule has 2 aromatic rings. The third kappa shape index (κ3) is 5.56. The highest BCUT2D eigenvalue weighted by Gasteiger charge is 2.27. The topological polar surface area (TPSA) is 84.4 Å². The quantitative estimate of drug-likeness (QED) is 0.657. The number of carbonyl (C=O) groups excluding carboxylic acids is 2. The first-order valence-corrected chi connectivity index (χ1v) is 10.6. The molecule has 0 bridgehead atoms. The van der Waals surface area contributed by atoms with Crippen molar-refractivity contribution in [1.29, 1.82) is 0 Å². The molecule has 10 heteroatoms. The van der Waals surface area contributed by atoms with Crippen LogP contribution in [-0.2, 0) is 9.59 Å². The zero-order chi connectivity index (χ0) is 19.9. The van der Waals surface area contributed by atoms with E-state index in [-0.39, 0.29) is 17.7 Å². The Morgan fingerprint density at radius 1 is 1.29 bits per heavy atom. The van der Waals surface area contributed by atoms with Crippen LogP contribution in [-0.4, -0.2) is 46.6 Å². The fourth-order valence-corrected chi connectivity index (χ4v) is 3.78. The summed E-state index contributed by atoms with van der Waals surface area (Å²) in [6.45, 7) is 1.54. The molecule has 0 aliphatic carbocycles. The molecule has 1 aliphatic heterocycles. The minimum Gasteiger partial charge on any atom is -0.492 e. The van der Waals surface area contributed by atoms with Crippen LogP contribution in [0.2, 0.25) is 10.0 Å². The SMILES string of the molecule is O=C(Nc1nncs1)C1CCN(C(=O)CCCOc2cccc(Cl)c2Cl)CC1. The highest BCUT2D eigenvalue weighted by atomic mass is 35.5. The molecular formula is C18H20Cl2N4O3S. The Balaban J connectivity index is 1.36. The maximum Gasteiger partial charge on any atom is 0.229 e. The molecule has 1 aromatic heterocycles. The summed E-state index contributed by atoms with van der Waals surface area (Å²) in [6.07, 6.45) is 2.26. The van der Waals surface area contributed by atoms with E-state index in [0.717, 1.165) is 0 Å². The van der Waals surface area contributed by atoms with Crippen LogP contribution in [0.3, 0.4) is 0 Å².